The van der Waals surface area contributed by atoms with Gasteiger partial charge in [0, 0.05) is 29.5 Å². The number of rotatable bonds is 1. The van der Waals surface area contributed by atoms with Crippen molar-refractivity contribution >= 4 is 16.8 Å². The first kappa shape index (κ1) is 13.8. The molecule has 2 saturated heterocycles. The highest BCUT2D eigenvalue weighted by molar-refractivity contribution is 5.99. The van der Waals surface area contributed by atoms with Gasteiger partial charge in [0.05, 0.1) is 0 Å². The number of hydrogen-bond acceptors (Lipinski definition) is 2. The van der Waals surface area contributed by atoms with Crippen LogP contribution in [0.1, 0.15) is 40.9 Å². The topological polar surface area (TPSA) is 48.1 Å². The van der Waals surface area contributed by atoms with Gasteiger partial charge in [0.1, 0.15) is 5.69 Å². The third kappa shape index (κ3) is 2.05. The number of nitrogens with one attached hydrogen (secondary N) is 2. The van der Waals surface area contributed by atoms with Gasteiger partial charge in [0.15, 0.2) is 0 Å². The molecular formula is C18H23N3O. The Bertz CT molecular complexity index is 732. The zero-order valence-electron chi connectivity index (χ0n) is 13.3. The van der Waals surface area contributed by atoms with E-state index in [0.717, 1.165) is 49.1 Å². The maximum Gasteiger partial charge on any atom is 0.270 e. The summed E-state index contributed by atoms with van der Waals surface area (Å²) in [5.41, 5.74) is 4.64. The second kappa shape index (κ2) is 4.85. The molecule has 4 nitrogen and oxygen atoms in total. The van der Waals surface area contributed by atoms with Crippen molar-refractivity contribution in [2.45, 2.75) is 38.6 Å². The summed E-state index contributed by atoms with van der Waals surface area (Å²) in [6, 6.07) is 6.19. The van der Waals surface area contributed by atoms with Gasteiger partial charge < -0.3 is 15.2 Å². The smallest absolute Gasteiger partial charge is 0.270 e. The molecule has 116 valence electrons. The van der Waals surface area contributed by atoms with E-state index in [0.29, 0.717) is 5.54 Å². The summed E-state index contributed by atoms with van der Waals surface area (Å²) in [6.07, 6.45) is 3.42. The number of amides is 1. The van der Waals surface area contributed by atoms with Crippen LogP contribution in [0.4, 0.5) is 0 Å². The summed E-state index contributed by atoms with van der Waals surface area (Å²) in [7, 11) is 0. The SMILES string of the molecule is Cc1ccc2[nH]c(C(=O)N3CCC4(CCN4)CC3)cc2c1C. The second-order valence-corrected chi connectivity index (χ2v) is 6.90. The fraction of sp³-hybridized carbons (Fsp3) is 0.500. The van der Waals surface area contributed by atoms with Crippen LogP contribution in [0.5, 0.6) is 0 Å². The van der Waals surface area contributed by atoms with E-state index < -0.39 is 0 Å². The number of likely N-dealkylation sites (tertiary alicyclic amines) is 1. The van der Waals surface area contributed by atoms with Crippen molar-refractivity contribution in [2.24, 2.45) is 0 Å². The fourth-order valence-electron chi connectivity index (χ4n) is 3.79. The maximum atomic E-state index is 12.8. The molecule has 22 heavy (non-hydrogen) atoms. The first-order valence-electron chi connectivity index (χ1n) is 8.21. The molecular weight excluding hydrogens is 274 g/mol. The van der Waals surface area contributed by atoms with Gasteiger partial charge in [-0.2, -0.15) is 0 Å². The highest BCUT2D eigenvalue weighted by Gasteiger charge is 2.40. The number of fused-ring (bicyclic) bond motifs is 1. The van der Waals surface area contributed by atoms with Gasteiger partial charge in [-0.15, -0.1) is 0 Å². The van der Waals surface area contributed by atoms with E-state index in [2.05, 4.69) is 36.3 Å². The minimum absolute atomic E-state index is 0.141. The molecule has 1 spiro atoms. The standard InChI is InChI=1S/C18H23N3O/c1-12-3-4-15-14(13(12)2)11-16(20-15)17(22)21-9-6-18(7-10-21)5-8-19-18/h3-4,11,19-20H,5-10H2,1-2H3. The largest absolute Gasteiger partial charge is 0.351 e. The lowest BCUT2D eigenvalue weighted by atomic mass is 9.79. The van der Waals surface area contributed by atoms with Gasteiger partial charge in [-0.05, 0) is 62.9 Å². The molecule has 2 aromatic rings. The lowest BCUT2D eigenvalue weighted by Crippen LogP contribution is -2.62. The highest BCUT2D eigenvalue weighted by Crippen LogP contribution is 2.31. The molecule has 3 heterocycles. The number of nitrogens with zero attached hydrogens (tertiary/aromatic N) is 1. The van der Waals surface area contributed by atoms with Gasteiger partial charge in [-0.25, -0.2) is 0 Å². The maximum absolute atomic E-state index is 12.8. The van der Waals surface area contributed by atoms with Crippen LogP contribution in [0.3, 0.4) is 0 Å². The number of aryl methyl sites for hydroxylation is 2. The molecule has 1 aromatic carbocycles. The number of carbonyl (C=O) groups is 1. The number of aromatic nitrogens is 1. The van der Waals surface area contributed by atoms with Gasteiger partial charge in [-0.1, -0.05) is 6.07 Å². The van der Waals surface area contributed by atoms with Crippen molar-refractivity contribution in [2.75, 3.05) is 19.6 Å². The minimum atomic E-state index is 0.141. The Labute approximate surface area is 130 Å². The predicted molar refractivity (Wildman–Crippen MR) is 88.3 cm³/mol. The Hall–Kier alpha value is -1.81. The van der Waals surface area contributed by atoms with Crippen LogP contribution in [0.25, 0.3) is 10.9 Å². The number of carbonyl (C=O) groups excluding carboxylic acids is 1. The summed E-state index contributed by atoms with van der Waals surface area (Å²) < 4.78 is 0. The van der Waals surface area contributed by atoms with Crippen molar-refractivity contribution < 1.29 is 4.79 Å². The van der Waals surface area contributed by atoms with Gasteiger partial charge in [0.25, 0.3) is 5.91 Å². The second-order valence-electron chi connectivity index (χ2n) is 6.90. The molecule has 2 N–H and O–H groups in total. The van der Waals surface area contributed by atoms with Crippen molar-refractivity contribution in [3.05, 3.63) is 35.0 Å². The van der Waals surface area contributed by atoms with Crippen LogP contribution < -0.4 is 5.32 Å². The van der Waals surface area contributed by atoms with E-state index in [4.69, 9.17) is 0 Å². The fourth-order valence-corrected chi connectivity index (χ4v) is 3.79. The van der Waals surface area contributed by atoms with Gasteiger partial charge in [-0.3, -0.25) is 4.79 Å². The Morgan fingerprint density at radius 3 is 2.55 bits per heavy atom. The van der Waals surface area contributed by atoms with E-state index in [-0.39, 0.29) is 5.91 Å². The Kier molecular flexibility index (Phi) is 3.05. The van der Waals surface area contributed by atoms with E-state index in [1.54, 1.807) is 0 Å². The van der Waals surface area contributed by atoms with Crippen molar-refractivity contribution in [1.82, 2.24) is 15.2 Å². The third-order valence-electron chi connectivity index (χ3n) is 5.69. The van der Waals surface area contributed by atoms with Crippen LogP contribution in [-0.2, 0) is 0 Å². The summed E-state index contributed by atoms with van der Waals surface area (Å²) in [4.78, 5) is 18.1. The molecule has 0 aliphatic carbocycles. The molecule has 0 saturated carbocycles. The zero-order chi connectivity index (χ0) is 15.3. The van der Waals surface area contributed by atoms with Crippen molar-refractivity contribution in [1.29, 1.82) is 0 Å². The van der Waals surface area contributed by atoms with Crippen LogP contribution in [0.15, 0.2) is 18.2 Å². The molecule has 1 amide bonds. The summed E-state index contributed by atoms with van der Waals surface area (Å²) in [5, 5.41) is 4.71. The van der Waals surface area contributed by atoms with Crippen LogP contribution in [0.2, 0.25) is 0 Å². The van der Waals surface area contributed by atoms with E-state index in [1.807, 2.05) is 11.0 Å². The Morgan fingerprint density at radius 2 is 1.91 bits per heavy atom. The number of aromatic amines is 1. The number of piperidine rings is 1. The molecule has 2 fully saturated rings. The molecule has 1 aromatic heterocycles. The highest BCUT2D eigenvalue weighted by atomic mass is 16.2. The lowest BCUT2D eigenvalue weighted by molar-refractivity contribution is 0.0536. The zero-order valence-corrected chi connectivity index (χ0v) is 13.3. The minimum Gasteiger partial charge on any atom is -0.351 e. The third-order valence-corrected chi connectivity index (χ3v) is 5.69. The summed E-state index contributed by atoms with van der Waals surface area (Å²) >= 11 is 0. The average molecular weight is 297 g/mol. The van der Waals surface area contributed by atoms with Crippen LogP contribution in [0, 0.1) is 13.8 Å². The first-order chi connectivity index (χ1) is 10.6. The molecule has 2 aliphatic rings. The number of H-pyrrole nitrogens is 1. The first-order valence-corrected chi connectivity index (χ1v) is 8.21. The van der Waals surface area contributed by atoms with Crippen LogP contribution in [-0.4, -0.2) is 41.0 Å². The predicted octanol–water partition coefficient (Wildman–Crippen LogP) is 2.75. The normalized spacial score (nSPS) is 20.4. The van der Waals surface area contributed by atoms with E-state index in [9.17, 15) is 4.79 Å². The molecule has 2 aliphatic heterocycles. The van der Waals surface area contributed by atoms with Crippen molar-refractivity contribution in [3.8, 4) is 0 Å². The molecule has 0 bridgehead atoms. The molecule has 4 rings (SSSR count). The number of hydrogen-bond donors (Lipinski definition) is 2. The molecule has 4 heteroatoms. The van der Waals surface area contributed by atoms with Crippen LogP contribution >= 0.6 is 0 Å². The van der Waals surface area contributed by atoms with E-state index in [1.165, 1.54) is 17.5 Å². The lowest BCUT2D eigenvalue weighted by Gasteiger charge is -2.48. The number of benzene rings is 1. The summed E-state index contributed by atoms with van der Waals surface area (Å²) in [5.74, 6) is 0.141. The van der Waals surface area contributed by atoms with Gasteiger partial charge >= 0.3 is 0 Å². The average Bonchev–Trinajstić information content (AvgIpc) is 2.94. The summed E-state index contributed by atoms with van der Waals surface area (Å²) in [6.45, 7) is 7.08. The molecule has 0 atom stereocenters. The van der Waals surface area contributed by atoms with E-state index >= 15 is 0 Å². The molecule has 0 radical (unpaired) electrons. The molecule has 0 unspecified atom stereocenters. The Morgan fingerprint density at radius 1 is 1.18 bits per heavy atom. The quantitative estimate of drug-likeness (QED) is 0.850. The van der Waals surface area contributed by atoms with Gasteiger partial charge in [0.2, 0.25) is 0 Å². The monoisotopic (exact) mass is 297 g/mol. The van der Waals surface area contributed by atoms with Crippen molar-refractivity contribution in [3.63, 3.8) is 0 Å². The Balaban J connectivity index is 1.56.